The van der Waals surface area contributed by atoms with Crippen LogP contribution in [-0.4, -0.2) is 36.5 Å². The highest BCUT2D eigenvalue weighted by Gasteiger charge is 2.25. The zero-order valence-corrected chi connectivity index (χ0v) is 5.41. The lowest BCUT2D eigenvalue weighted by Crippen LogP contribution is -2.46. The first-order chi connectivity index (χ1) is 4.70. The fraction of sp³-hybridized carbons (Fsp3) is 0.800. The van der Waals surface area contributed by atoms with Gasteiger partial charge in [-0.15, -0.1) is 0 Å². The summed E-state index contributed by atoms with van der Waals surface area (Å²) in [5, 5.41) is 10.5. The molecule has 5 heteroatoms. The zero-order valence-electron chi connectivity index (χ0n) is 5.41. The van der Waals surface area contributed by atoms with Crippen LogP contribution in [0.5, 0.6) is 0 Å². The van der Waals surface area contributed by atoms with Gasteiger partial charge in [-0.1, -0.05) is 0 Å². The smallest absolute Gasteiger partial charge is 0.405 e. The minimum Gasteiger partial charge on any atom is -0.465 e. The van der Waals surface area contributed by atoms with Gasteiger partial charge in [-0.3, -0.25) is 0 Å². The van der Waals surface area contributed by atoms with Crippen molar-refractivity contribution in [2.75, 3.05) is 13.2 Å². The lowest BCUT2D eigenvalue weighted by molar-refractivity contribution is 0.175. The summed E-state index contributed by atoms with van der Waals surface area (Å²) in [7, 11) is 0. The Labute approximate surface area is 58.2 Å². The maximum Gasteiger partial charge on any atom is 0.405 e. The Hall–Kier alpha value is -0.810. The van der Waals surface area contributed by atoms with E-state index >= 15 is 0 Å². The molecule has 1 rings (SSSR count). The summed E-state index contributed by atoms with van der Waals surface area (Å²) in [5.74, 6) is 0. The molecule has 1 fully saturated rings. The molecule has 4 N–H and O–H groups in total. The summed E-state index contributed by atoms with van der Waals surface area (Å²) in [6.45, 7) is 0.818. The maximum atomic E-state index is 10.1. The maximum absolute atomic E-state index is 10.1. The molecule has 0 saturated carbocycles. The number of nitrogens with two attached hydrogens (primary N) is 1. The van der Waals surface area contributed by atoms with Crippen LogP contribution in [0.3, 0.4) is 0 Å². The van der Waals surface area contributed by atoms with E-state index in [4.69, 9.17) is 15.6 Å². The molecule has 0 radical (unpaired) electrons. The summed E-state index contributed by atoms with van der Waals surface area (Å²) in [6.07, 6.45) is -1.05. The van der Waals surface area contributed by atoms with Crippen molar-refractivity contribution >= 4 is 6.09 Å². The van der Waals surface area contributed by atoms with E-state index in [1.54, 1.807) is 0 Å². The first-order valence-corrected chi connectivity index (χ1v) is 3.03. The molecule has 1 amide bonds. The van der Waals surface area contributed by atoms with Gasteiger partial charge in [0.2, 0.25) is 0 Å². The van der Waals surface area contributed by atoms with Gasteiger partial charge in [0, 0.05) is 0 Å². The molecule has 1 heterocycles. The van der Waals surface area contributed by atoms with E-state index in [2.05, 4.69) is 5.32 Å². The van der Waals surface area contributed by atoms with E-state index in [-0.39, 0.29) is 12.1 Å². The van der Waals surface area contributed by atoms with Gasteiger partial charge in [-0.05, 0) is 0 Å². The van der Waals surface area contributed by atoms with Gasteiger partial charge in [-0.25, -0.2) is 4.79 Å². The molecule has 0 bridgehead atoms. The molecule has 2 atom stereocenters. The van der Waals surface area contributed by atoms with Gasteiger partial charge in [0.05, 0.1) is 25.3 Å². The SMILES string of the molecule is N[C@H]1COC[C@H]1NC(=O)O. The van der Waals surface area contributed by atoms with E-state index in [1.165, 1.54) is 0 Å². The number of rotatable bonds is 1. The fourth-order valence-electron chi connectivity index (χ4n) is 0.878. The highest BCUT2D eigenvalue weighted by molar-refractivity contribution is 5.65. The lowest BCUT2D eigenvalue weighted by Gasteiger charge is -2.11. The van der Waals surface area contributed by atoms with Crippen molar-refractivity contribution in [3.05, 3.63) is 0 Å². The molecule has 1 aliphatic heterocycles. The van der Waals surface area contributed by atoms with E-state index in [1.807, 2.05) is 0 Å². The van der Waals surface area contributed by atoms with E-state index in [9.17, 15) is 4.79 Å². The monoisotopic (exact) mass is 146 g/mol. The second kappa shape index (κ2) is 2.85. The molecule has 5 nitrogen and oxygen atoms in total. The zero-order chi connectivity index (χ0) is 7.56. The van der Waals surface area contributed by atoms with Crippen LogP contribution in [-0.2, 0) is 4.74 Å². The van der Waals surface area contributed by atoms with Gasteiger partial charge in [0.15, 0.2) is 0 Å². The first-order valence-electron chi connectivity index (χ1n) is 3.03. The van der Waals surface area contributed by atoms with Crippen molar-refractivity contribution in [2.24, 2.45) is 5.73 Å². The van der Waals surface area contributed by atoms with E-state index < -0.39 is 6.09 Å². The van der Waals surface area contributed by atoms with Crippen LogP contribution in [0.2, 0.25) is 0 Å². The van der Waals surface area contributed by atoms with Crippen molar-refractivity contribution in [2.45, 2.75) is 12.1 Å². The molecule has 0 aromatic heterocycles. The highest BCUT2D eigenvalue weighted by Crippen LogP contribution is 2.01. The van der Waals surface area contributed by atoms with Crippen molar-refractivity contribution < 1.29 is 14.6 Å². The number of ether oxygens (including phenoxy) is 1. The Kier molecular flexibility index (Phi) is 2.08. The first kappa shape index (κ1) is 7.30. The Bertz CT molecular complexity index is 139. The van der Waals surface area contributed by atoms with Gasteiger partial charge in [0.1, 0.15) is 0 Å². The largest absolute Gasteiger partial charge is 0.465 e. The summed E-state index contributed by atoms with van der Waals surface area (Å²) in [4.78, 5) is 10.1. The van der Waals surface area contributed by atoms with Crippen LogP contribution in [0, 0.1) is 0 Å². The topological polar surface area (TPSA) is 84.6 Å². The highest BCUT2D eigenvalue weighted by atomic mass is 16.5. The van der Waals surface area contributed by atoms with E-state index in [0.717, 1.165) is 0 Å². The summed E-state index contributed by atoms with van der Waals surface area (Å²) in [6, 6.07) is -0.436. The predicted molar refractivity (Wildman–Crippen MR) is 33.7 cm³/mol. The van der Waals surface area contributed by atoms with Crippen LogP contribution in [0.15, 0.2) is 0 Å². The molecule has 10 heavy (non-hydrogen) atoms. The average molecular weight is 146 g/mol. The Morgan fingerprint density at radius 2 is 2.40 bits per heavy atom. The standard InChI is InChI=1S/C5H10N2O3/c6-3-1-10-2-4(3)7-5(8)9/h3-4,7H,1-2,6H2,(H,8,9)/t3-,4+/m0/s1. The number of amides is 1. The second-order valence-corrected chi connectivity index (χ2v) is 2.26. The molecule has 0 aromatic rings. The predicted octanol–water partition coefficient (Wildman–Crippen LogP) is -1.02. The Morgan fingerprint density at radius 3 is 2.80 bits per heavy atom. The molecule has 0 aromatic carbocycles. The van der Waals surface area contributed by atoms with Crippen molar-refractivity contribution in [3.63, 3.8) is 0 Å². The van der Waals surface area contributed by atoms with Crippen LogP contribution in [0.25, 0.3) is 0 Å². The lowest BCUT2D eigenvalue weighted by atomic mass is 10.2. The minimum atomic E-state index is -1.05. The normalized spacial score (nSPS) is 32.1. The molecule has 0 unspecified atom stereocenters. The third kappa shape index (κ3) is 1.58. The minimum absolute atomic E-state index is 0.198. The van der Waals surface area contributed by atoms with Crippen LogP contribution in [0.1, 0.15) is 0 Å². The van der Waals surface area contributed by atoms with Gasteiger partial charge in [0.25, 0.3) is 0 Å². The molecule has 1 aliphatic rings. The van der Waals surface area contributed by atoms with Crippen molar-refractivity contribution in [1.82, 2.24) is 5.32 Å². The number of carbonyl (C=O) groups is 1. The number of hydrogen-bond donors (Lipinski definition) is 3. The van der Waals surface area contributed by atoms with Gasteiger partial charge < -0.3 is 20.9 Å². The van der Waals surface area contributed by atoms with Crippen LogP contribution >= 0.6 is 0 Å². The Morgan fingerprint density at radius 1 is 1.70 bits per heavy atom. The molecule has 0 aliphatic carbocycles. The fourth-order valence-corrected chi connectivity index (χ4v) is 0.878. The molecular weight excluding hydrogens is 136 g/mol. The van der Waals surface area contributed by atoms with E-state index in [0.29, 0.717) is 13.2 Å². The van der Waals surface area contributed by atoms with Gasteiger partial charge in [-0.2, -0.15) is 0 Å². The Balaban J connectivity index is 2.33. The third-order valence-electron chi connectivity index (χ3n) is 1.43. The summed E-state index contributed by atoms with van der Waals surface area (Å²) < 4.78 is 4.92. The molecule has 1 saturated heterocycles. The summed E-state index contributed by atoms with van der Waals surface area (Å²) >= 11 is 0. The quantitative estimate of drug-likeness (QED) is 0.442. The number of hydrogen-bond acceptors (Lipinski definition) is 3. The second-order valence-electron chi connectivity index (χ2n) is 2.26. The van der Waals surface area contributed by atoms with Crippen molar-refractivity contribution in [1.29, 1.82) is 0 Å². The number of nitrogens with one attached hydrogen (secondary N) is 1. The third-order valence-corrected chi connectivity index (χ3v) is 1.43. The molecule has 0 spiro atoms. The molecule has 58 valence electrons. The average Bonchev–Trinajstić information content (AvgIpc) is 2.15. The molecular formula is C5H10N2O3. The number of carboxylic acid groups (broad SMARTS) is 1. The summed E-state index contributed by atoms with van der Waals surface area (Å²) in [5.41, 5.74) is 5.48. The van der Waals surface area contributed by atoms with Crippen LogP contribution in [0.4, 0.5) is 4.79 Å². The van der Waals surface area contributed by atoms with Crippen LogP contribution < -0.4 is 11.1 Å². The van der Waals surface area contributed by atoms with Crippen molar-refractivity contribution in [3.8, 4) is 0 Å². The van der Waals surface area contributed by atoms with Gasteiger partial charge >= 0.3 is 6.09 Å².